The molecule has 100 valence electrons. The number of hydrogen-bond acceptors (Lipinski definition) is 2. The summed E-state index contributed by atoms with van der Waals surface area (Å²) >= 11 is 0. The highest BCUT2D eigenvalue weighted by Crippen LogP contribution is 2.18. The summed E-state index contributed by atoms with van der Waals surface area (Å²) in [5, 5.41) is 1.21. The summed E-state index contributed by atoms with van der Waals surface area (Å²) in [6.45, 7) is 1.85. The Kier molecular flexibility index (Phi) is 3.75. The summed E-state index contributed by atoms with van der Waals surface area (Å²) in [6, 6.07) is 21.0. The van der Waals surface area contributed by atoms with Crippen LogP contribution in [0.1, 0.15) is 11.1 Å². The minimum absolute atomic E-state index is 0.906. The Morgan fingerprint density at radius 3 is 2.50 bits per heavy atom. The van der Waals surface area contributed by atoms with Crippen molar-refractivity contribution in [2.75, 3.05) is 7.05 Å². The van der Waals surface area contributed by atoms with Gasteiger partial charge in [-0.2, -0.15) is 0 Å². The molecule has 0 aliphatic carbocycles. The van der Waals surface area contributed by atoms with Crippen LogP contribution in [0.15, 0.2) is 66.9 Å². The van der Waals surface area contributed by atoms with E-state index in [0.29, 0.717) is 0 Å². The Balaban J connectivity index is 1.79. The van der Waals surface area contributed by atoms with Gasteiger partial charge in [0.25, 0.3) is 0 Å². The molecule has 3 aromatic rings. The topological polar surface area (TPSA) is 16.1 Å². The predicted molar refractivity (Wildman–Crippen MR) is 83.4 cm³/mol. The van der Waals surface area contributed by atoms with Gasteiger partial charge >= 0.3 is 0 Å². The lowest BCUT2D eigenvalue weighted by Crippen LogP contribution is -2.17. The van der Waals surface area contributed by atoms with E-state index < -0.39 is 0 Å². The number of fused-ring (bicyclic) bond motifs is 1. The molecule has 0 bridgehead atoms. The number of para-hydroxylation sites is 1. The molecule has 2 nitrogen and oxygen atoms in total. The molecule has 0 N–H and O–H groups in total. The number of hydrogen-bond donors (Lipinski definition) is 0. The lowest BCUT2D eigenvalue weighted by Gasteiger charge is -2.17. The molecule has 1 aromatic heterocycles. The second-order valence-electron chi connectivity index (χ2n) is 5.15. The van der Waals surface area contributed by atoms with E-state index in [1.165, 1.54) is 16.5 Å². The molecule has 0 spiro atoms. The summed E-state index contributed by atoms with van der Waals surface area (Å²) in [5.41, 5.74) is 3.72. The van der Waals surface area contributed by atoms with Crippen molar-refractivity contribution in [3.8, 4) is 0 Å². The van der Waals surface area contributed by atoms with Crippen molar-refractivity contribution in [3.63, 3.8) is 0 Å². The van der Waals surface area contributed by atoms with E-state index in [-0.39, 0.29) is 0 Å². The first kappa shape index (κ1) is 12.8. The fourth-order valence-corrected chi connectivity index (χ4v) is 2.54. The van der Waals surface area contributed by atoms with Crippen LogP contribution in [0.25, 0.3) is 10.9 Å². The van der Waals surface area contributed by atoms with E-state index in [1.54, 1.807) is 0 Å². The minimum atomic E-state index is 0.906. The maximum absolute atomic E-state index is 4.51. The Labute approximate surface area is 119 Å². The molecule has 0 atom stereocenters. The lowest BCUT2D eigenvalue weighted by molar-refractivity contribution is 0.320. The van der Waals surface area contributed by atoms with Crippen molar-refractivity contribution >= 4 is 10.9 Å². The van der Waals surface area contributed by atoms with Crippen molar-refractivity contribution in [1.82, 2.24) is 9.88 Å². The van der Waals surface area contributed by atoms with Gasteiger partial charge in [0.2, 0.25) is 0 Å². The van der Waals surface area contributed by atoms with E-state index in [4.69, 9.17) is 0 Å². The monoisotopic (exact) mass is 262 g/mol. The average Bonchev–Trinajstić information content (AvgIpc) is 2.48. The number of nitrogens with zero attached hydrogens (tertiary/aromatic N) is 2. The van der Waals surface area contributed by atoms with Crippen LogP contribution < -0.4 is 0 Å². The molecule has 0 aliphatic heterocycles. The molecule has 0 radical (unpaired) electrons. The number of benzene rings is 2. The van der Waals surface area contributed by atoms with Gasteiger partial charge in [0.05, 0.1) is 5.52 Å². The Bertz CT molecular complexity index is 687. The van der Waals surface area contributed by atoms with Crippen LogP contribution in [0.5, 0.6) is 0 Å². The van der Waals surface area contributed by atoms with Gasteiger partial charge < -0.3 is 0 Å². The number of aromatic nitrogens is 1. The Morgan fingerprint density at radius 2 is 1.65 bits per heavy atom. The van der Waals surface area contributed by atoms with Gasteiger partial charge in [-0.1, -0.05) is 54.6 Å². The largest absolute Gasteiger partial charge is 0.298 e. The van der Waals surface area contributed by atoms with Crippen LogP contribution in [0, 0.1) is 0 Å². The summed E-state index contributed by atoms with van der Waals surface area (Å²) in [7, 11) is 2.15. The molecule has 0 saturated heterocycles. The second kappa shape index (κ2) is 5.85. The van der Waals surface area contributed by atoms with Crippen LogP contribution in [0.2, 0.25) is 0 Å². The van der Waals surface area contributed by atoms with Crippen LogP contribution in [-0.2, 0) is 13.1 Å². The summed E-state index contributed by atoms with van der Waals surface area (Å²) in [4.78, 5) is 6.83. The Hall–Kier alpha value is -2.19. The van der Waals surface area contributed by atoms with Crippen LogP contribution in [0.3, 0.4) is 0 Å². The molecule has 0 amide bonds. The zero-order valence-corrected chi connectivity index (χ0v) is 11.7. The molecule has 1 heterocycles. The summed E-state index contributed by atoms with van der Waals surface area (Å²) in [6.07, 6.45) is 1.86. The third kappa shape index (κ3) is 2.86. The first-order chi connectivity index (χ1) is 9.83. The summed E-state index contributed by atoms with van der Waals surface area (Å²) < 4.78 is 0. The minimum Gasteiger partial charge on any atom is -0.298 e. The summed E-state index contributed by atoms with van der Waals surface area (Å²) in [5.74, 6) is 0. The third-order valence-corrected chi connectivity index (χ3v) is 3.45. The van der Waals surface area contributed by atoms with Gasteiger partial charge in [-0.15, -0.1) is 0 Å². The second-order valence-corrected chi connectivity index (χ2v) is 5.15. The molecule has 2 aromatic carbocycles. The Morgan fingerprint density at radius 1 is 0.850 bits per heavy atom. The molecule has 2 heteroatoms. The molecule has 0 fully saturated rings. The standard InChI is InChI=1S/C18H18N2/c1-20(13-15-7-3-2-4-8-15)14-17-10-5-9-16-11-6-12-19-18(16)17/h2-12H,13-14H2,1H3. The van der Waals surface area contributed by atoms with E-state index in [1.807, 2.05) is 12.3 Å². The van der Waals surface area contributed by atoms with E-state index in [2.05, 4.69) is 71.5 Å². The fraction of sp³-hybridized carbons (Fsp3) is 0.167. The molecular formula is C18H18N2. The van der Waals surface area contributed by atoms with Crippen LogP contribution in [0.4, 0.5) is 0 Å². The highest BCUT2D eigenvalue weighted by atomic mass is 15.1. The van der Waals surface area contributed by atoms with Crippen LogP contribution in [-0.4, -0.2) is 16.9 Å². The third-order valence-electron chi connectivity index (χ3n) is 3.45. The van der Waals surface area contributed by atoms with Crippen LogP contribution >= 0.6 is 0 Å². The molecule has 0 saturated carbocycles. The highest BCUT2D eigenvalue weighted by Gasteiger charge is 2.05. The van der Waals surface area contributed by atoms with Crippen molar-refractivity contribution in [1.29, 1.82) is 0 Å². The first-order valence-electron chi connectivity index (χ1n) is 6.88. The zero-order chi connectivity index (χ0) is 13.8. The molecule has 0 unspecified atom stereocenters. The first-order valence-corrected chi connectivity index (χ1v) is 6.88. The fourth-order valence-electron chi connectivity index (χ4n) is 2.54. The van der Waals surface area contributed by atoms with Crippen molar-refractivity contribution in [2.24, 2.45) is 0 Å². The number of pyridine rings is 1. The molecule has 20 heavy (non-hydrogen) atoms. The van der Waals surface area contributed by atoms with E-state index in [0.717, 1.165) is 18.6 Å². The van der Waals surface area contributed by atoms with Gasteiger partial charge in [-0.05, 0) is 24.2 Å². The van der Waals surface area contributed by atoms with Gasteiger partial charge in [0.15, 0.2) is 0 Å². The lowest BCUT2D eigenvalue weighted by atomic mass is 10.1. The number of rotatable bonds is 4. The van der Waals surface area contributed by atoms with Crippen molar-refractivity contribution in [3.05, 3.63) is 78.0 Å². The van der Waals surface area contributed by atoms with Crippen molar-refractivity contribution in [2.45, 2.75) is 13.1 Å². The quantitative estimate of drug-likeness (QED) is 0.709. The van der Waals surface area contributed by atoms with Gasteiger partial charge in [0.1, 0.15) is 0 Å². The molecular weight excluding hydrogens is 244 g/mol. The van der Waals surface area contributed by atoms with E-state index >= 15 is 0 Å². The zero-order valence-electron chi connectivity index (χ0n) is 11.7. The smallest absolute Gasteiger partial charge is 0.0746 e. The van der Waals surface area contributed by atoms with Gasteiger partial charge in [0, 0.05) is 24.7 Å². The van der Waals surface area contributed by atoms with E-state index in [9.17, 15) is 0 Å². The van der Waals surface area contributed by atoms with Crippen molar-refractivity contribution < 1.29 is 0 Å². The SMILES string of the molecule is CN(Cc1ccccc1)Cc1cccc2cccnc12. The maximum atomic E-state index is 4.51. The van der Waals surface area contributed by atoms with Gasteiger partial charge in [-0.3, -0.25) is 9.88 Å². The highest BCUT2D eigenvalue weighted by molar-refractivity contribution is 5.81. The average molecular weight is 262 g/mol. The normalized spacial score (nSPS) is 11.1. The maximum Gasteiger partial charge on any atom is 0.0746 e. The predicted octanol–water partition coefficient (Wildman–Crippen LogP) is 3.87. The molecule has 3 rings (SSSR count). The van der Waals surface area contributed by atoms with Gasteiger partial charge in [-0.25, -0.2) is 0 Å². The molecule has 0 aliphatic rings.